The van der Waals surface area contributed by atoms with Gasteiger partial charge in [-0.25, -0.2) is 4.79 Å². The lowest BCUT2D eigenvalue weighted by Gasteiger charge is -2.30. The molecule has 0 atom stereocenters. The lowest BCUT2D eigenvalue weighted by molar-refractivity contribution is -0.129. The molecule has 0 spiro atoms. The molecule has 1 aliphatic heterocycles. The van der Waals surface area contributed by atoms with Gasteiger partial charge in [-0.05, 0) is 24.6 Å². The zero-order valence-electron chi connectivity index (χ0n) is 16.4. The topological polar surface area (TPSA) is 96.8 Å². The predicted octanol–water partition coefficient (Wildman–Crippen LogP) is 1.93. The normalized spacial score (nSPS) is 13.1. The molecule has 0 saturated heterocycles. The molecular weight excluding hydrogens is 362 g/mol. The number of benzene rings is 1. The van der Waals surface area contributed by atoms with E-state index >= 15 is 0 Å². The van der Waals surface area contributed by atoms with Crippen LogP contribution in [0.5, 0.6) is 0 Å². The van der Waals surface area contributed by atoms with Crippen LogP contribution < -0.4 is 5.32 Å². The Hall–Kier alpha value is -3.36. The standard InChI is InChI=1S/C19H23N5O4/c1-12-5-6-14(15(9-12)20-19(27)28-4)16-10-17-18(26)23(7-8-24(17)21-16)11-22(3)13(2)25/h5-6,9-10H,7-8,11H2,1-4H3,(H,20,27). The van der Waals surface area contributed by atoms with Crippen molar-refractivity contribution in [3.05, 3.63) is 35.5 Å². The van der Waals surface area contributed by atoms with Crippen LogP contribution in [0.1, 0.15) is 23.0 Å². The minimum absolute atomic E-state index is 0.106. The second kappa shape index (κ2) is 7.71. The van der Waals surface area contributed by atoms with E-state index in [1.165, 1.54) is 18.9 Å². The van der Waals surface area contributed by atoms with Crippen molar-refractivity contribution < 1.29 is 19.1 Å². The van der Waals surface area contributed by atoms with E-state index in [4.69, 9.17) is 0 Å². The van der Waals surface area contributed by atoms with Gasteiger partial charge in [-0.15, -0.1) is 0 Å². The molecule has 0 radical (unpaired) electrons. The summed E-state index contributed by atoms with van der Waals surface area (Å²) in [5, 5.41) is 7.23. The molecule has 9 heteroatoms. The Kier molecular flexibility index (Phi) is 5.34. The van der Waals surface area contributed by atoms with E-state index in [1.54, 1.807) is 22.7 Å². The highest BCUT2D eigenvalue weighted by molar-refractivity contribution is 5.96. The summed E-state index contributed by atoms with van der Waals surface area (Å²) < 4.78 is 6.34. The van der Waals surface area contributed by atoms with Crippen molar-refractivity contribution in [2.75, 3.05) is 32.7 Å². The van der Waals surface area contributed by atoms with Crippen LogP contribution in [0.25, 0.3) is 11.3 Å². The molecule has 2 heterocycles. The number of carbonyl (C=O) groups excluding carboxylic acids is 3. The summed E-state index contributed by atoms with van der Waals surface area (Å²) in [7, 11) is 2.95. The maximum atomic E-state index is 12.8. The third-order valence-corrected chi connectivity index (χ3v) is 4.66. The van der Waals surface area contributed by atoms with Gasteiger partial charge in [0.05, 0.1) is 31.7 Å². The number of anilines is 1. The van der Waals surface area contributed by atoms with Gasteiger partial charge in [0, 0.05) is 26.1 Å². The van der Waals surface area contributed by atoms with Crippen molar-refractivity contribution in [2.24, 2.45) is 0 Å². The van der Waals surface area contributed by atoms with Crippen LogP contribution in [0.3, 0.4) is 0 Å². The van der Waals surface area contributed by atoms with Gasteiger partial charge in [0.2, 0.25) is 5.91 Å². The highest BCUT2D eigenvalue weighted by Gasteiger charge is 2.28. The minimum atomic E-state index is -0.578. The van der Waals surface area contributed by atoms with Gasteiger partial charge in [0.25, 0.3) is 5.91 Å². The van der Waals surface area contributed by atoms with Crippen LogP contribution in [0.2, 0.25) is 0 Å². The van der Waals surface area contributed by atoms with Crippen LogP contribution in [0.4, 0.5) is 10.5 Å². The quantitative estimate of drug-likeness (QED) is 0.867. The summed E-state index contributed by atoms with van der Waals surface area (Å²) in [5.74, 6) is -0.293. The van der Waals surface area contributed by atoms with Crippen molar-refractivity contribution in [3.8, 4) is 11.3 Å². The fraction of sp³-hybridized carbons (Fsp3) is 0.368. The summed E-state index contributed by atoms with van der Waals surface area (Å²) in [6.07, 6.45) is -0.578. The Balaban J connectivity index is 1.91. The average Bonchev–Trinajstić information content (AvgIpc) is 3.08. The molecule has 0 aliphatic carbocycles. The number of fused-ring (bicyclic) bond motifs is 1. The fourth-order valence-corrected chi connectivity index (χ4v) is 3.01. The molecule has 0 saturated carbocycles. The lowest BCUT2D eigenvalue weighted by Crippen LogP contribution is -2.46. The van der Waals surface area contributed by atoms with Crippen molar-refractivity contribution in [3.63, 3.8) is 0 Å². The third kappa shape index (κ3) is 3.83. The van der Waals surface area contributed by atoms with Crippen molar-refractivity contribution >= 4 is 23.6 Å². The smallest absolute Gasteiger partial charge is 0.411 e. The molecule has 9 nitrogen and oxygen atoms in total. The Bertz CT molecular complexity index is 936. The molecule has 28 heavy (non-hydrogen) atoms. The van der Waals surface area contributed by atoms with Crippen molar-refractivity contribution in [1.29, 1.82) is 0 Å². The number of nitrogens with one attached hydrogen (secondary N) is 1. The summed E-state index contributed by atoms with van der Waals surface area (Å²) in [5.41, 5.74) is 3.24. The summed E-state index contributed by atoms with van der Waals surface area (Å²) in [6, 6.07) is 7.28. The Morgan fingerprint density at radius 1 is 1.29 bits per heavy atom. The van der Waals surface area contributed by atoms with E-state index in [1.807, 2.05) is 25.1 Å². The van der Waals surface area contributed by atoms with Gasteiger partial charge in [-0.3, -0.25) is 19.6 Å². The van der Waals surface area contributed by atoms with Crippen LogP contribution in [0, 0.1) is 6.92 Å². The Morgan fingerprint density at radius 2 is 2.04 bits per heavy atom. The van der Waals surface area contributed by atoms with E-state index in [-0.39, 0.29) is 18.5 Å². The highest BCUT2D eigenvalue weighted by atomic mass is 16.5. The van der Waals surface area contributed by atoms with Gasteiger partial charge < -0.3 is 14.5 Å². The maximum Gasteiger partial charge on any atom is 0.411 e. The van der Waals surface area contributed by atoms with E-state index in [0.717, 1.165) is 5.56 Å². The number of nitrogens with zero attached hydrogens (tertiary/aromatic N) is 4. The van der Waals surface area contributed by atoms with Crippen LogP contribution in [-0.2, 0) is 16.1 Å². The molecule has 1 aliphatic rings. The van der Waals surface area contributed by atoms with Gasteiger partial charge in [0.1, 0.15) is 5.69 Å². The molecular formula is C19H23N5O4. The predicted molar refractivity (Wildman–Crippen MR) is 103 cm³/mol. The monoisotopic (exact) mass is 385 g/mol. The van der Waals surface area contributed by atoms with Gasteiger partial charge in [0.15, 0.2) is 0 Å². The molecule has 0 bridgehead atoms. The van der Waals surface area contributed by atoms with E-state index in [9.17, 15) is 14.4 Å². The lowest BCUT2D eigenvalue weighted by atomic mass is 10.1. The number of methoxy groups -OCH3 is 1. The number of hydrogen-bond donors (Lipinski definition) is 1. The zero-order chi connectivity index (χ0) is 20.4. The van der Waals surface area contributed by atoms with E-state index < -0.39 is 6.09 Å². The first-order valence-corrected chi connectivity index (χ1v) is 8.85. The molecule has 3 rings (SSSR count). The Labute approximate surface area is 162 Å². The molecule has 1 aromatic carbocycles. The second-order valence-electron chi connectivity index (χ2n) is 6.73. The fourth-order valence-electron chi connectivity index (χ4n) is 3.01. The van der Waals surface area contributed by atoms with E-state index in [0.29, 0.717) is 35.7 Å². The van der Waals surface area contributed by atoms with Crippen LogP contribution >= 0.6 is 0 Å². The first-order valence-electron chi connectivity index (χ1n) is 8.85. The zero-order valence-corrected chi connectivity index (χ0v) is 16.4. The SMILES string of the molecule is COC(=O)Nc1cc(C)ccc1-c1cc2n(n1)CCN(CN(C)C(C)=O)C2=O. The molecule has 148 valence electrons. The number of ether oxygens (including phenoxy) is 1. The van der Waals surface area contributed by atoms with Gasteiger partial charge in [-0.1, -0.05) is 12.1 Å². The first kappa shape index (κ1) is 19.4. The van der Waals surface area contributed by atoms with Crippen LogP contribution in [0.15, 0.2) is 24.3 Å². The van der Waals surface area contributed by atoms with Crippen molar-refractivity contribution in [2.45, 2.75) is 20.4 Å². The minimum Gasteiger partial charge on any atom is -0.453 e. The summed E-state index contributed by atoms with van der Waals surface area (Å²) >= 11 is 0. The number of carbonyl (C=O) groups is 3. The first-order chi connectivity index (χ1) is 13.3. The van der Waals surface area contributed by atoms with E-state index in [2.05, 4.69) is 15.2 Å². The molecule has 2 aromatic rings. The van der Waals surface area contributed by atoms with Crippen molar-refractivity contribution in [1.82, 2.24) is 19.6 Å². The number of rotatable bonds is 4. The largest absolute Gasteiger partial charge is 0.453 e. The third-order valence-electron chi connectivity index (χ3n) is 4.66. The number of aryl methyl sites for hydroxylation is 1. The molecule has 1 aromatic heterocycles. The molecule has 0 unspecified atom stereocenters. The summed E-state index contributed by atoms with van der Waals surface area (Å²) in [6.45, 7) is 4.60. The molecule has 1 N–H and O–H groups in total. The van der Waals surface area contributed by atoms with Gasteiger partial charge in [-0.2, -0.15) is 5.10 Å². The van der Waals surface area contributed by atoms with Gasteiger partial charge >= 0.3 is 6.09 Å². The average molecular weight is 385 g/mol. The van der Waals surface area contributed by atoms with Crippen LogP contribution in [-0.4, -0.2) is 64.9 Å². The Morgan fingerprint density at radius 3 is 2.71 bits per heavy atom. The molecule has 3 amide bonds. The number of amides is 3. The second-order valence-corrected chi connectivity index (χ2v) is 6.73. The maximum absolute atomic E-state index is 12.8. The summed E-state index contributed by atoms with van der Waals surface area (Å²) in [4.78, 5) is 39.1. The number of aromatic nitrogens is 2. The highest BCUT2D eigenvalue weighted by Crippen LogP contribution is 2.30. The number of hydrogen-bond acceptors (Lipinski definition) is 5. The molecule has 0 fully saturated rings.